The van der Waals surface area contributed by atoms with Crippen molar-refractivity contribution in [2.45, 2.75) is 0 Å². The maximum atomic E-state index is 12.4. The molecule has 0 aromatic carbocycles. The molecule has 0 amide bonds. The van der Waals surface area contributed by atoms with Crippen LogP contribution in [0, 0.1) is 0 Å². The van der Waals surface area contributed by atoms with Gasteiger partial charge in [-0.05, 0) is 12.3 Å². The van der Waals surface area contributed by atoms with Gasteiger partial charge in [-0.2, -0.15) is 0 Å². The van der Waals surface area contributed by atoms with Crippen molar-refractivity contribution in [2.24, 2.45) is 0 Å². The molecule has 1 heterocycles. The molecule has 0 saturated carbocycles. The Labute approximate surface area is 62.8 Å². The summed E-state index contributed by atoms with van der Waals surface area (Å²) in [5, 5.41) is 11.5. The van der Waals surface area contributed by atoms with Crippen molar-refractivity contribution in [2.75, 3.05) is 12.8 Å². The molecule has 2 N–H and O–H groups in total. The minimum absolute atomic E-state index is 0.0638. The van der Waals surface area contributed by atoms with E-state index in [1.54, 1.807) is 6.26 Å². The molecule has 0 aliphatic carbocycles. The average Bonchev–Trinajstić information content (AvgIpc) is 1.94. The van der Waals surface area contributed by atoms with Crippen molar-refractivity contribution in [3.05, 3.63) is 22.7 Å². The number of rotatable bonds is 1. The molecule has 0 bridgehead atoms. The lowest BCUT2D eigenvalue weighted by molar-refractivity contribution is 0.357. The number of halogens is 1. The van der Waals surface area contributed by atoms with Gasteiger partial charge in [0.25, 0.3) is 0 Å². The molecule has 0 radical (unpaired) electrons. The van der Waals surface area contributed by atoms with Gasteiger partial charge in [-0.15, -0.1) is 11.8 Å². The number of allylic oxidation sites excluding steroid dienone is 1. The summed E-state index contributed by atoms with van der Waals surface area (Å²) in [7, 11) is 0. The first-order chi connectivity index (χ1) is 4.74. The lowest BCUT2D eigenvalue weighted by atomic mass is 10.3. The largest absolute Gasteiger partial charge is 0.494 e. The van der Waals surface area contributed by atoms with Crippen LogP contribution in [0.25, 0.3) is 0 Å². The van der Waals surface area contributed by atoms with Gasteiger partial charge in [0.2, 0.25) is 0 Å². The zero-order valence-corrected chi connectivity index (χ0v) is 6.33. The van der Waals surface area contributed by atoms with E-state index in [-0.39, 0.29) is 18.3 Å². The van der Waals surface area contributed by atoms with Gasteiger partial charge in [0.1, 0.15) is 5.83 Å². The number of nitrogens with one attached hydrogen (secondary N) is 1. The van der Waals surface area contributed by atoms with Crippen LogP contribution in [0.15, 0.2) is 22.7 Å². The molecule has 2 nitrogen and oxygen atoms in total. The minimum atomic E-state index is -0.248. The average molecular weight is 161 g/mol. The predicted octanol–water partition coefficient (Wildman–Crippen LogP) is 1.53. The van der Waals surface area contributed by atoms with Crippen molar-refractivity contribution >= 4 is 11.8 Å². The third-order valence-corrected chi connectivity index (χ3v) is 1.92. The topological polar surface area (TPSA) is 32.3 Å². The molecule has 0 spiro atoms. The number of hydrogen-bond donors (Lipinski definition) is 2. The number of hydrogen-bond acceptors (Lipinski definition) is 3. The van der Waals surface area contributed by atoms with Crippen LogP contribution < -0.4 is 5.32 Å². The standard InChI is InChI=1S/C6H8FNOS/c1-10-5-2-4(7)3-8-6(5)9/h2,8-9H,3H2,1H3. The van der Waals surface area contributed by atoms with Gasteiger partial charge in [0.05, 0.1) is 11.4 Å². The molecule has 0 aromatic heterocycles. The third-order valence-electron chi connectivity index (χ3n) is 1.17. The van der Waals surface area contributed by atoms with Crippen LogP contribution in [0.5, 0.6) is 0 Å². The lowest BCUT2D eigenvalue weighted by Gasteiger charge is -2.11. The van der Waals surface area contributed by atoms with Gasteiger partial charge in [-0.25, -0.2) is 4.39 Å². The quantitative estimate of drug-likeness (QED) is 0.611. The molecule has 1 aliphatic rings. The van der Waals surface area contributed by atoms with E-state index in [9.17, 15) is 4.39 Å². The van der Waals surface area contributed by atoms with E-state index in [1.165, 1.54) is 17.8 Å². The van der Waals surface area contributed by atoms with Gasteiger partial charge in [0, 0.05) is 0 Å². The summed E-state index contributed by atoms with van der Waals surface area (Å²) in [5.74, 6) is -0.184. The van der Waals surface area contributed by atoms with Gasteiger partial charge in [-0.3, -0.25) is 0 Å². The second kappa shape index (κ2) is 2.96. The number of thioether (sulfide) groups is 1. The third kappa shape index (κ3) is 1.44. The first-order valence-corrected chi connectivity index (χ1v) is 4.03. The van der Waals surface area contributed by atoms with Crippen molar-refractivity contribution in [3.63, 3.8) is 0 Å². The fourth-order valence-electron chi connectivity index (χ4n) is 0.673. The highest BCUT2D eigenvalue weighted by molar-refractivity contribution is 8.02. The van der Waals surface area contributed by atoms with Crippen LogP contribution >= 0.6 is 11.8 Å². The zero-order chi connectivity index (χ0) is 7.56. The summed E-state index contributed by atoms with van der Waals surface area (Å²) in [4.78, 5) is 0.545. The first kappa shape index (κ1) is 7.47. The molecule has 0 atom stereocenters. The summed E-state index contributed by atoms with van der Waals surface area (Å²) >= 11 is 1.31. The highest BCUT2D eigenvalue weighted by Gasteiger charge is 2.09. The van der Waals surface area contributed by atoms with E-state index in [4.69, 9.17) is 5.11 Å². The van der Waals surface area contributed by atoms with Crippen LogP contribution in [0.1, 0.15) is 0 Å². The smallest absolute Gasteiger partial charge is 0.198 e. The maximum Gasteiger partial charge on any atom is 0.198 e. The number of dihydropyridines is 1. The lowest BCUT2D eigenvalue weighted by Crippen LogP contribution is -2.19. The van der Waals surface area contributed by atoms with Gasteiger partial charge in [0.15, 0.2) is 5.88 Å². The first-order valence-electron chi connectivity index (χ1n) is 2.81. The minimum Gasteiger partial charge on any atom is -0.494 e. The molecule has 1 rings (SSSR count). The molecule has 1 aliphatic heterocycles. The van der Waals surface area contributed by atoms with Crippen molar-refractivity contribution in [3.8, 4) is 0 Å². The molecule has 10 heavy (non-hydrogen) atoms. The summed E-state index contributed by atoms with van der Waals surface area (Å²) < 4.78 is 12.4. The Bertz CT molecular complexity index is 200. The number of aliphatic hydroxyl groups is 1. The molecule has 0 saturated heterocycles. The molecule has 4 heteroatoms. The molecule has 0 unspecified atom stereocenters. The van der Waals surface area contributed by atoms with Crippen LogP contribution in [0.2, 0.25) is 0 Å². The second-order valence-electron chi connectivity index (χ2n) is 1.86. The molecule has 0 aromatic rings. The van der Waals surface area contributed by atoms with Crippen LogP contribution in [0.4, 0.5) is 4.39 Å². The van der Waals surface area contributed by atoms with Crippen molar-refractivity contribution in [1.82, 2.24) is 5.32 Å². The van der Waals surface area contributed by atoms with Crippen LogP contribution in [-0.2, 0) is 0 Å². The highest BCUT2D eigenvalue weighted by atomic mass is 32.2. The summed E-state index contributed by atoms with van der Waals surface area (Å²) in [6.45, 7) is 0.0931. The highest BCUT2D eigenvalue weighted by Crippen LogP contribution is 2.20. The molecular weight excluding hydrogens is 153 g/mol. The Morgan fingerprint density at radius 2 is 2.50 bits per heavy atom. The Balaban J connectivity index is 2.82. The van der Waals surface area contributed by atoms with E-state index in [0.29, 0.717) is 4.91 Å². The van der Waals surface area contributed by atoms with E-state index < -0.39 is 0 Å². The fourth-order valence-corrected chi connectivity index (χ4v) is 1.18. The summed E-state index contributed by atoms with van der Waals surface area (Å²) in [6, 6.07) is 0. The summed E-state index contributed by atoms with van der Waals surface area (Å²) in [5.41, 5.74) is 0. The van der Waals surface area contributed by atoms with Crippen LogP contribution in [-0.4, -0.2) is 17.9 Å². The van der Waals surface area contributed by atoms with Crippen LogP contribution in [0.3, 0.4) is 0 Å². The normalized spacial score (nSPS) is 18.4. The molecule has 56 valence electrons. The fraction of sp³-hybridized carbons (Fsp3) is 0.333. The van der Waals surface area contributed by atoms with Gasteiger partial charge < -0.3 is 10.4 Å². The Hall–Kier alpha value is -0.640. The Kier molecular flexibility index (Phi) is 2.21. The van der Waals surface area contributed by atoms with Gasteiger partial charge >= 0.3 is 0 Å². The molecule has 0 fully saturated rings. The Morgan fingerprint density at radius 1 is 1.80 bits per heavy atom. The van der Waals surface area contributed by atoms with E-state index in [0.717, 1.165) is 0 Å². The predicted molar refractivity (Wildman–Crippen MR) is 40.4 cm³/mol. The number of aliphatic hydroxyl groups excluding tert-OH is 1. The van der Waals surface area contributed by atoms with E-state index in [2.05, 4.69) is 5.32 Å². The monoisotopic (exact) mass is 161 g/mol. The van der Waals surface area contributed by atoms with Crippen molar-refractivity contribution < 1.29 is 9.50 Å². The maximum absolute atomic E-state index is 12.4. The van der Waals surface area contributed by atoms with Gasteiger partial charge in [-0.1, -0.05) is 0 Å². The van der Waals surface area contributed by atoms with E-state index >= 15 is 0 Å². The SMILES string of the molecule is CSC1=C(O)NCC(F)=C1. The summed E-state index contributed by atoms with van der Waals surface area (Å²) in [6.07, 6.45) is 3.11. The zero-order valence-electron chi connectivity index (χ0n) is 5.52. The van der Waals surface area contributed by atoms with Crippen molar-refractivity contribution in [1.29, 1.82) is 0 Å². The second-order valence-corrected chi connectivity index (χ2v) is 2.71. The van der Waals surface area contributed by atoms with E-state index in [1.807, 2.05) is 0 Å². The Morgan fingerprint density at radius 3 is 3.00 bits per heavy atom. The molecular formula is C6H8FNOS.